The van der Waals surface area contributed by atoms with Gasteiger partial charge < -0.3 is 14.6 Å². The molecule has 0 heterocycles. The average molecular weight is 290 g/mol. The van der Waals surface area contributed by atoms with E-state index in [1.165, 1.54) is 12.1 Å². The van der Waals surface area contributed by atoms with Crippen molar-refractivity contribution >= 4 is 0 Å². The third kappa shape index (κ3) is 3.95. The summed E-state index contributed by atoms with van der Waals surface area (Å²) in [5, 5.41) is 9.44. The predicted molar refractivity (Wildman–Crippen MR) is 79.3 cm³/mol. The van der Waals surface area contributed by atoms with Gasteiger partial charge in [0.15, 0.2) is 23.1 Å². The second-order valence-electron chi connectivity index (χ2n) is 4.76. The Morgan fingerprint density at radius 1 is 1.10 bits per heavy atom. The summed E-state index contributed by atoms with van der Waals surface area (Å²) in [4.78, 5) is 0. The minimum Gasteiger partial charge on any atom is -0.490 e. The van der Waals surface area contributed by atoms with Gasteiger partial charge in [-0.2, -0.15) is 0 Å². The first-order valence-corrected chi connectivity index (χ1v) is 6.99. The normalized spacial score (nSPS) is 12.0. The standard InChI is InChI=1S/C17H19FO3/c1-3-10-20-16-6-4-5-7-17(16)21-15-9-8-13(12(2)19)11-14(15)18/h4-9,11-12,19H,3,10H2,1-2H3. The topological polar surface area (TPSA) is 38.7 Å². The van der Waals surface area contributed by atoms with Crippen molar-refractivity contribution in [2.75, 3.05) is 6.61 Å². The third-order valence-electron chi connectivity index (χ3n) is 2.97. The first kappa shape index (κ1) is 15.3. The lowest BCUT2D eigenvalue weighted by atomic mass is 10.1. The molecule has 2 aromatic carbocycles. The van der Waals surface area contributed by atoms with Crippen LogP contribution in [0.5, 0.6) is 17.2 Å². The number of hydrogen-bond acceptors (Lipinski definition) is 3. The van der Waals surface area contributed by atoms with Crippen LogP contribution in [-0.2, 0) is 0 Å². The zero-order valence-electron chi connectivity index (χ0n) is 12.2. The van der Waals surface area contributed by atoms with Gasteiger partial charge in [-0.25, -0.2) is 4.39 Å². The fraction of sp³-hybridized carbons (Fsp3) is 0.294. The average Bonchev–Trinajstić information content (AvgIpc) is 2.48. The fourth-order valence-corrected chi connectivity index (χ4v) is 1.84. The molecule has 21 heavy (non-hydrogen) atoms. The highest BCUT2D eigenvalue weighted by Gasteiger charge is 2.11. The van der Waals surface area contributed by atoms with Crippen molar-refractivity contribution in [1.82, 2.24) is 0 Å². The van der Waals surface area contributed by atoms with Crippen LogP contribution in [0.15, 0.2) is 42.5 Å². The van der Waals surface area contributed by atoms with Gasteiger partial charge in [-0.15, -0.1) is 0 Å². The minimum absolute atomic E-state index is 0.104. The molecule has 0 aliphatic rings. The maximum absolute atomic E-state index is 14.0. The minimum atomic E-state index is -0.714. The van der Waals surface area contributed by atoms with Crippen LogP contribution >= 0.6 is 0 Å². The van der Waals surface area contributed by atoms with E-state index in [-0.39, 0.29) is 5.75 Å². The Morgan fingerprint density at radius 2 is 1.81 bits per heavy atom. The van der Waals surface area contributed by atoms with Crippen molar-refractivity contribution in [1.29, 1.82) is 0 Å². The SMILES string of the molecule is CCCOc1ccccc1Oc1ccc(C(C)O)cc1F. The molecule has 0 amide bonds. The molecule has 4 heteroatoms. The Bertz CT molecular complexity index is 596. The van der Waals surface area contributed by atoms with Crippen molar-refractivity contribution < 1.29 is 19.0 Å². The Labute approximate surface area is 124 Å². The number of ether oxygens (including phenoxy) is 2. The van der Waals surface area contributed by atoms with E-state index in [1.54, 1.807) is 31.2 Å². The summed E-state index contributed by atoms with van der Waals surface area (Å²) in [6, 6.07) is 11.6. The van der Waals surface area contributed by atoms with Crippen LogP contribution in [0.3, 0.4) is 0 Å². The van der Waals surface area contributed by atoms with Gasteiger partial charge in [0.2, 0.25) is 0 Å². The molecule has 112 valence electrons. The fourth-order valence-electron chi connectivity index (χ4n) is 1.84. The molecule has 1 atom stereocenters. The van der Waals surface area contributed by atoms with E-state index in [0.717, 1.165) is 6.42 Å². The predicted octanol–water partition coefficient (Wildman–Crippen LogP) is 4.46. The van der Waals surface area contributed by atoms with E-state index < -0.39 is 11.9 Å². The molecule has 2 aromatic rings. The molecular formula is C17H19FO3. The molecule has 0 saturated carbocycles. The largest absolute Gasteiger partial charge is 0.490 e. The molecule has 0 bridgehead atoms. The smallest absolute Gasteiger partial charge is 0.169 e. The first-order valence-electron chi connectivity index (χ1n) is 6.99. The zero-order chi connectivity index (χ0) is 15.2. The molecule has 0 radical (unpaired) electrons. The highest BCUT2D eigenvalue weighted by Crippen LogP contribution is 2.33. The lowest BCUT2D eigenvalue weighted by molar-refractivity contribution is 0.198. The second-order valence-corrected chi connectivity index (χ2v) is 4.76. The summed E-state index contributed by atoms with van der Waals surface area (Å²) in [5.41, 5.74) is 0.510. The van der Waals surface area contributed by atoms with Gasteiger partial charge in [0.1, 0.15) is 0 Å². The number of para-hydroxylation sites is 2. The van der Waals surface area contributed by atoms with Crippen LogP contribution in [0.1, 0.15) is 31.9 Å². The van der Waals surface area contributed by atoms with Crippen LogP contribution < -0.4 is 9.47 Å². The summed E-state index contributed by atoms with van der Waals surface area (Å²) in [6.45, 7) is 4.17. The van der Waals surface area contributed by atoms with Crippen molar-refractivity contribution in [2.24, 2.45) is 0 Å². The number of aliphatic hydroxyl groups is 1. The molecule has 1 N–H and O–H groups in total. The quantitative estimate of drug-likeness (QED) is 0.853. The van der Waals surface area contributed by atoms with E-state index in [2.05, 4.69) is 0 Å². The Morgan fingerprint density at radius 3 is 2.43 bits per heavy atom. The molecule has 0 saturated heterocycles. The Kier molecular flexibility index (Phi) is 5.17. The number of benzene rings is 2. The highest BCUT2D eigenvalue weighted by molar-refractivity contribution is 5.43. The Balaban J connectivity index is 2.22. The molecule has 0 aromatic heterocycles. The van der Waals surface area contributed by atoms with Gasteiger partial charge >= 0.3 is 0 Å². The molecule has 0 aliphatic heterocycles. The summed E-state index contributed by atoms with van der Waals surface area (Å²) < 4.78 is 25.2. The van der Waals surface area contributed by atoms with Crippen LogP contribution in [0.25, 0.3) is 0 Å². The molecule has 0 fully saturated rings. The van der Waals surface area contributed by atoms with Crippen LogP contribution in [0.2, 0.25) is 0 Å². The number of hydrogen-bond donors (Lipinski definition) is 1. The lowest BCUT2D eigenvalue weighted by Gasteiger charge is -2.13. The van der Waals surface area contributed by atoms with E-state index in [9.17, 15) is 9.50 Å². The molecular weight excluding hydrogens is 271 g/mol. The highest BCUT2D eigenvalue weighted by atomic mass is 19.1. The van der Waals surface area contributed by atoms with Gasteiger partial charge in [-0.1, -0.05) is 25.1 Å². The lowest BCUT2D eigenvalue weighted by Crippen LogP contribution is -1.98. The van der Waals surface area contributed by atoms with Crippen molar-refractivity contribution in [3.63, 3.8) is 0 Å². The number of halogens is 1. The van der Waals surface area contributed by atoms with Crippen LogP contribution in [-0.4, -0.2) is 11.7 Å². The zero-order valence-corrected chi connectivity index (χ0v) is 12.2. The van der Waals surface area contributed by atoms with Gasteiger partial charge in [0.05, 0.1) is 12.7 Å². The van der Waals surface area contributed by atoms with Crippen molar-refractivity contribution in [2.45, 2.75) is 26.4 Å². The summed E-state index contributed by atoms with van der Waals surface area (Å²) >= 11 is 0. The van der Waals surface area contributed by atoms with Gasteiger partial charge in [-0.05, 0) is 43.2 Å². The first-order chi connectivity index (χ1) is 10.1. The maximum atomic E-state index is 14.0. The number of aliphatic hydroxyl groups excluding tert-OH is 1. The van der Waals surface area contributed by atoms with E-state index in [0.29, 0.717) is 23.7 Å². The molecule has 1 unspecified atom stereocenters. The monoisotopic (exact) mass is 290 g/mol. The van der Waals surface area contributed by atoms with Crippen LogP contribution in [0, 0.1) is 5.82 Å². The summed E-state index contributed by atoms with van der Waals surface area (Å²) in [6.07, 6.45) is 0.167. The van der Waals surface area contributed by atoms with Gasteiger partial charge in [0, 0.05) is 0 Å². The van der Waals surface area contributed by atoms with Crippen LogP contribution in [0.4, 0.5) is 4.39 Å². The van der Waals surface area contributed by atoms with Crippen molar-refractivity contribution in [3.05, 3.63) is 53.8 Å². The molecule has 0 aliphatic carbocycles. The summed E-state index contributed by atoms with van der Waals surface area (Å²) in [7, 11) is 0. The molecule has 2 rings (SSSR count). The van der Waals surface area contributed by atoms with Gasteiger partial charge in [0.25, 0.3) is 0 Å². The maximum Gasteiger partial charge on any atom is 0.169 e. The number of rotatable bonds is 6. The van der Waals surface area contributed by atoms with E-state index in [4.69, 9.17) is 9.47 Å². The van der Waals surface area contributed by atoms with E-state index >= 15 is 0 Å². The second kappa shape index (κ2) is 7.09. The Hall–Kier alpha value is -2.07. The third-order valence-corrected chi connectivity index (χ3v) is 2.97. The van der Waals surface area contributed by atoms with E-state index in [1.807, 2.05) is 13.0 Å². The van der Waals surface area contributed by atoms with Gasteiger partial charge in [-0.3, -0.25) is 0 Å². The molecule has 0 spiro atoms. The summed E-state index contributed by atoms with van der Waals surface area (Å²) in [5.74, 6) is 0.638. The van der Waals surface area contributed by atoms with Crippen molar-refractivity contribution in [3.8, 4) is 17.2 Å². The molecule has 3 nitrogen and oxygen atoms in total.